The van der Waals surface area contributed by atoms with Gasteiger partial charge in [0.05, 0.1) is 12.7 Å². The molecular formula is C19H27N3O4S. The first kappa shape index (κ1) is 19.7. The number of ether oxygens (including phenoxy) is 1. The van der Waals surface area contributed by atoms with Gasteiger partial charge in [0.15, 0.2) is 0 Å². The number of carbonyl (C=O) groups is 3. The zero-order valence-corrected chi connectivity index (χ0v) is 17.0. The summed E-state index contributed by atoms with van der Waals surface area (Å²) >= 11 is 1.50. The number of carbonyl (C=O) groups excluding carboxylic acids is 3. The predicted molar refractivity (Wildman–Crippen MR) is 104 cm³/mol. The standard InChI is InChI=1S/C19H27N3O4S/c1-21(2)19(25)22-10-8-12(9-11-22)16(23)20-17-15(18(24)26-3)13-6-4-5-7-14(13)27-17/h12H,4-11H2,1-3H3,(H,20,23). The molecule has 27 heavy (non-hydrogen) atoms. The first-order valence-electron chi connectivity index (χ1n) is 9.42. The van der Waals surface area contributed by atoms with Gasteiger partial charge in [-0.2, -0.15) is 0 Å². The van der Waals surface area contributed by atoms with Crippen molar-refractivity contribution in [2.45, 2.75) is 38.5 Å². The number of methoxy groups -OCH3 is 1. The molecule has 2 aliphatic rings. The largest absolute Gasteiger partial charge is 0.465 e. The van der Waals surface area contributed by atoms with Crippen LogP contribution in [0.3, 0.4) is 0 Å². The third-order valence-corrected chi connectivity index (χ3v) is 6.52. The van der Waals surface area contributed by atoms with Gasteiger partial charge in [-0.25, -0.2) is 9.59 Å². The van der Waals surface area contributed by atoms with Gasteiger partial charge in [-0.1, -0.05) is 0 Å². The van der Waals surface area contributed by atoms with Gasteiger partial charge < -0.3 is 19.9 Å². The van der Waals surface area contributed by atoms with Crippen molar-refractivity contribution in [2.75, 3.05) is 39.6 Å². The average Bonchev–Trinajstić information content (AvgIpc) is 3.04. The first-order chi connectivity index (χ1) is 12.9. The Balaban J connectivity index is 1.69. The van der Waals surface area contributed by atoms with Crippen LogP contribution < -0.4 is 5.32 Å². The topological polar surface area (TPSA) is 79.0 Å². The van der Waals surface area contributed by atoms with Crippen LogP contribution in [0.1, 0.15) is 46.5 Å². The number of hydrogen-bond donors (Lipinski definition) is 1. The summed E-state index contributed by atoms with van der Waals surface area (Å²) < 4.78 is 4.96. The smallest absolute Gasteiger partial charge is 0.341 e. The lowest BCUT2D eigenvalue weighted by molar-refractivity contribution is -0.121. The minimum absolute atomic E-state index is 0.0206. The van der Waals surface area contributed by atoms with Crippen LogP contribution in [0.5, 0.6) is 0 Å². The molecule has 0 spiro atoms. The van der Waals surface area contributed by atoms with Crippen molar-refractivity contribution in [3.63, 3.8) is 0 Å². The Morgan fingerprint density at radius 3 is 2.44 bits per heavy atom. The minimum Gasteiger partial charge on any atom is -0.465 e. The molecule has 1 aromatic heterocycles. The molecule has 0 unspecified atom stereocenters. The number of nitrogens with one attached hydrogen (secondary N) is 1. The molecule has 148 valence electrons. The summed E-state index contributed by atoms with van der Waals surface area (Å²) in [5, 5.41) is 3.60. The maximum atomic E-state index is 12.8. The van der Waals surface area contributed by atoms with Crippen molar-refractivity contribution in [3.05, 3.63) is 16.0 Å². The van der Waals surface area contributed by atoms with Gasteiger partial charge >= 0.3 is 12.0 Å². The lowest BCUT2D eigenvalue weighted by atomic mass is 9.94. The summed E-state index contributed by atoms with van der Waals surface area (Å²) in [7, 11) is 4.83. The van der Waals surface area contributed by atoms with Crippen molar-refractivity contribution >= 4 is 34.2 Å². The Morgan fingerprint density at radius 2 is 1.81 bits per heavy atom. The zero-order chi connectivity index (χ0) is 19.6. The fourth-order valence-corrected chi connectivity index (χ4v) is 5.08. The highest BCUT2D eigenvalue weighted by Crippen LogP contribution is 2.39. The molecule has 3 rings (SSSR count). The van der Waals surface area contributed by atoms with E-state index in [1.165, 1.54) is 23.3 Å². The van der Waals surface area contributed by atoms with Crippen LogP contribution in [-0.2, 0) is 22.4 Å². The molecular weight excluding hydrogens is 366 g/mol. The number of esters is 1. The van der Waals surface area contributed by atoms with Gasteiger partial charge in [0.25, 0.3) is 0 Å². The highest BCUT2D eigenvalue weighted by molar-refractivity contribution is 7.17. The highest BCUT2D eigenvalue weighted by atomic mass is 32.1. The summed E-state index contributed by atoms with van der Waals surface area (Å²) in [6.45, 7) is 1.14. The van der Waals surface area contributed by atoms with E-state index in [9.17, 15) is 14.4 Å². The Kier molecular flexibility index (Phi) is 6.04. The third-order valence-electron chi connectivity index (χ3n) is 5.32. The van der Waals surface area contributed by atoms with Crippen molar-refractivity contribution in [3.8, 4) is 0 Å². The van der Waals surface area contributed by atoms with Gasteiger partial charge in [0.1, 0.15) is 5.00 Å². The van der Waals surface area contributed by atoms with Crippen LogP contribution >= 0.6 is 11.3 Å². The van der Waals surface area contributed by atoms with E-state index in [1.54, 1.807) is 23.9 Å². The van der Waals surface area contributed by atoms with Crippen LogP contribution in [0.15, 0.2) is 0 Å². The summed E-state index contributed by atoms with van der Waals surface area (Å²) in [5.74, 6) is -0.604. The molecule has 0 radical (unpaired) electrons. The summed E-state index contributed by atoms with van der Waals surface area (Å²) in [6, 6.07) is -0.0206. The molecule has 1 aliphatic carbocycles. The van der Waals surface area contributed by atoms with Crippen molar-refractivity contribution < 1.29 is 19.1 Å². The van der Waals surface area contributed by atoms with E-state index in [4.69, 9.17) is 4.74 Å². The van der Waals surface area contributed by atoms with Crippen LogP contribution in [0.25, 0.3) is 0 Å². The lowest BCUT2D eigenvalue weighted by Crippen LogP contribution is -2.45. The fraction of sp³-hybridized carbons (Fsp3) is 0.632. The van der Waals surface area contributed by atoms with E-state index < -0.39 is 0 Å². The van der Waals surface area contributed by atoms with E-state index in [-0.39, 0.29) is 23.8 Å². The first-order valence-corrected chi connectivity index (χ1v) is 10.2. The number of piperidine rings is 1. The van der Waals surface area contributed by atoms with Gasteiger partial charge in [0, 0.05) is 38.0 Å². The molecule has 2 heterocycles. The summed E-state index contributed by atoms with van der Waals surface area (Å²) in [6.07, 6.45) is 5.23. The van der Waals surface area contributed by atoms with E-state index in [2.05, 4.69) is 5.32 Å². The zero-order valence-electron chi connectivity index (χ0n) is 16.2. The normalized spacial score (nSPS) is 17.2. The minimum atomic E-state index is -0.379. The van der Waals surface area contributed by atoms with Gasteiger partial charge in [-0.05, 0) is 44.1 Å². The van der Waals surface area contributed by atoms with E-state index >= 15 is 0 Å². The SMILES string of the molecule is COC(=O)c1c(NC(=O)C2CCN(C(=O)N(C)C)CC2)sc2c1CCCC2. The monoisotopic (exact) mass is 393 g/mol. The highest BCUT2D eigenvalue weighted by Gasteiger charge is 2.31. The van der Waals surface area contributed by atoms with Crippen molar-refractivity contribution in [1.82, 2.24) is 9.80 Å². The molecule has 1 saturated heterocycles. The van der Waals surface area contributed by atoms with Crippen molar-refractivity contribution in [2.24, 2.45) is 5.92 Å². The van der Waals surface area contributed by atoms with Crippen molar-refractivity contribution in [1.29, 1.82) is 0 Å². The Morgan fingerprint density at radius 1 is 1.15 bits per heavy atom. The average molecular weight is 394 g/mol. The van der Waals surface area contributed by atoms with Gasteiger partial charge in [-0.15, -0.1) is 11.3 Å². The maximum Gasteiger partial charge on any atom is 0.341 e. The van der Waals surface area contributed by atoms with Crippen LogP contribution in [0.2, 0.25) is 0 Å². The molecule has 1 aliphatic heterocycles. The number of fused-ring (bicyclic) bond motifs is 1. The third kappa shape index (κ3) is 4.10. The molecule has 7 nitrogen and oxygen atoms in total. The Bertz CT molecular complexity index is 736. The van der Waals surface area contributed by atoms with Crippen LogP contribution in [0.4, 0.5) is 9.80 Å². The summed E-state index contributed by atoms with van der Waals surface area (Å²) in [5.41, 5.74) is 1.57. The number of anilines is 1. The number of amides is 3. The molecule has 0 atom stereocenters. The molecule has 1 aromatic rings. The molecule has 0 bridgehead atoms. The van der Waals surface area contributed by atoms with Crippen LogP contribution in [-0.4, -0.2) is 62.0 Å². The number of nitrogens with zero attached hydrogens (tertiary/aromatic N) is 2. The van der Waals surface area contributed by atoms with E-state index in [1.807, 2.05) is 0 Å². The molecule has 1 fully saturated rings. The second-order valence-corrected chi connectivity index (χ2v) is 8.44. The Hall–Kier alpha value is -2.09. The maximum absolute atomic E-state index is 12.8. The number of thiophene rings is 1. The molecule has 0 aromatic carbocycles. The van der Waals surface area contributed by atoms with E-state index in [0.717, 1.165) is 31.2 Å². The molecule has 3 amide bonds. The summed E-state index contributed by atoms with van der Waals surface area (Å²) in [4.78, 5) is 41.6. The number of hydrogen-bond acceptors (Lipinski definition) is 5. The van der Waals surface area contributed by atoms with Gasteiger partial charge in [0.2, 0.25) is 5.91 Å². The number of aryl methyl sites for hydroxylation is 1. The number of rotatable bonds is 3. The second-order valence-electron chi connectivity index (χ2n) is 7.33. The number of urea groups is 1. The number of likely N-dealkylation sites (tertiary alicyclic amines) is 1. The van der Waals surface area contributed by atoms with E-state index in [0.29, 0.717) is 36.5 Å². The Labute approximate surface area is 163 Å². The van der Waals surface area contributed by atoms with Crippen LogP contribution in [0, 0.1) is 5.92 Å². The molecule has 0 saturated carbocycles. The molecule has 1 N–H and O–H groups in total. The quantitative estimate of drug-likeness (QED) is 0.801. The van der Waals surface area contributed by atoms with Gasteiger partial charge in [-0.3, -0.25) is 4.79 Å². The predicted octanol–water partition coefficient (Wildman–Crippen LogP) is 2.75. The lowest BCUT2D eigenvalue weighted by Gasteiger charge is -2.33. The fourth-order valence-electron chi connectivity index (χ4n) is 3.80. The molecule has 8 heteroatoms. The second kappa shape index (κ2) is 8.29.